The molecule has 150 valence electrons. The fourth-order valence-electron chi connectivity index (χ4n) is 3.22. The van der Waals surface area contributed by atoms with E-state index in [1.54, 1.807) is 0 Å². The van der Waals surface area contributed by atoms with Crippen LogP contribution in [0.5, 0.6) is 5.75 Å². The molecule has 2 aromatic rings. The van der Waals surface area contributed by atoms with Crippen molar-refractivity contribution in [2.45, 2.75) is 19.8 Å². The van der Waals surface area contributed by atoms with Gasteiger partial charge in [-0.25, -0.2) is 0 Å². The van der Waals surface area contributed by atoms with E-state index in [-0.39, 0.29) is 5.91 Å². The van der Waals surface area contributed by atoms with E-state index < -0.39 is 0 Å². The van der Waals surface area contributed by atoms with E-state index in [4.69, 9.17) is 4.74 Å². The molecule has 5 nitrogen and oxygen atoms in total. The van der Waals surface area contributed by atoms with Crippen molar-refractivity contribution in [3.8, 4) is 5.75 Å². The number of carbonyl (C=O) groups is 1. The van der Waals surface area contributed by atoms with Crippen molar-refractivity contribution in [2.24, 2.45) is 0 Å². The van der Waals surface area contributed by atoms with Gasteiger partial charge in [-0.1, -0.05) is 15.9 Å². The van der Waals surface area contributed by atoms with Gasteiger partial charge in [0.15, 0.2) is 0 Å². The van der Waals surface area contributed by atoms with Gasteiger partial charge in [0.05, 0.1) is 6.61 Å². The number of hydrogen-bond donors (Lipinski definition) is 1. The van der Waals surface area contributed by atoms with Crippen molar-refractivity contribution in [1.82, 2.24) is 4.90 Å². The van der Waals surface area contributed by atoms with Crippen molar-refractivity contribution in [2.75, 3.05) is 50.1 Å². The summed E-state index contributed by atoms with van der Waals surface area (Å²) in [7, 11) is 2.16. The first-order chi connectivity index (χ1) is 13.5. The molecule has 0 unspecified atom stereocenters. The Bertz CT molecular complexity index is 787. The van der Waals surface area contributed by atoms with Crippen LogP contribution < -0.4 is 15.0 Å². The summed E-state index contributed by atoms with van der Waals surface area (Å²) in [6.07, 6.45) is 1.12. The molecule has 6 heteroatoms. The number of amides is 1. The molecule has 0 aromatic heterocycles. The molecule has 1 fully saturated rings. The largest absolute Gasteiger partial charge is 0.494 e. The number of benzene rings is 2. The summed E-state index contributed by atoms with van der Waals surface area (Å²) >= 11 is 3.40. The van der Waals surface area contributed by atoms with Gasteiger partial charge in [0, 0.05) is 48.4 Å². The smallest absolute Gasteiger partial charge is 0.224 e. The second-order valence-corrected chi connectivity index (χ2v) is 8.16. The van der Waals surface area contributed by atoms with Gasteiger partial charge < -0.3 is 19.9 Å². The number of carbonyl (C=O) groups excluding carboxylic acids is 1. The lowest BCUT2D eigenvalue weighted by molar-refractivity contribution is -0.116. The minimum atomic E-state index is 0.0230. The molecule has 1 heterocycles. The first-order valence-corrected chi connectivity index (χ1v) is 10.5. The number of anilines is 2. The fraction of sp³-hybridized carbons (Fsp3) is 0.409. The summed E-state index contributed by atoms with van der Waals surface area (Å²) in [6, 6.07) is 14.0. The highest BCUT2D eigenvalue weighted by molar-refractivity contribution is 9.10. The van der Waals surface area contributed by atoms with E-state index in [2.05, 4.69) is 50.2 Å². The third-order valence-electron chi connectivity index (χ3n) is 4.98. The topological polar surface area (TPSA) is 44.8 Å². The molecular formula is C22H28BrN3O2. The Morgan fingerprint density at radius 3 is 2.50 bits per heavy atom. The standard InChI is InChI=1S/C22H28BrN3O2/c1-17-16-19(26-13-11-25(2)12-14-26)7-10-21(17)24-22(27)4-3-15-28-20-8-5-18(23)6-9-20/h5-10,16H,3-4,11-15H2,1-2H3,(H,24,27). The molecule has 1 amide bonds. The van der Waals surface area contributed by atoms with Crippen molar-refractivity contribution < 1.29 is 9.53 Å². The zero-order valence-corrected chi connectivity index (χ0v) is 18.2. The molecule has 1 saturated heterocycles. The van der Waals surface area contributed by atoms with Crippen LogP contribution in [0.2, 0.25) is 0 Å². The number of hydrogen-bond acceptors (Lipinski definition) is 4. The number of nitrogens with one attached hydrogen (secondary N) is 1. The highest BCUT2D eigenvalue weighted by atomic mass is 79.9. The maximum Gasteiger partial charge on any atom is 0.224 e. The highest BCUT2D eigenvalue weighted by Gasteiger charge is 2.15. The average molecular weight is 446 g/mol. The van der Waals surface area contributed by atoms with Crippen molar-refractivity contribution in [1.29, 1.82) is 0 Å². The van der Waals surface area contributed by atoms with Crippen molar-refractivity contribution >= 4 is 33.2 Å². The van der Waals surface area contributed by atoms with Crippen LogP contribution in [0.15, 0.2) is 46.9 Å². The van der Waals surface area contributed by atoms with Gasteiger partial charge in [-0.05, 0) is 68.4 Å². The summed E-state index contributed by atoms with van der Waals surface area (Å²) in [5.74, 6) is 0.841. The Kier molecular flexibility index (Phi) is 7.34. The number of rotatable bonds is 7. The molecule has 0 saturated carbocycles. The fourth-order valence-corrected chi connectivity index (χ4v) is 3.48. The van der Waals surface area contributed by atoms with E-state index in [0.717, 1.165) is 47.7 Å². The van der Waals surface area contributed by atoms with E-state index in [0.29, 0.717) is 19.4 Å². The molecule has 0 aliphatic carbocycles. The third kappa shape index (κ3) is 5.97. The number of likely N-dealkylation sites (N-methyl/N-ethyl adjacent to an activating group) is 1. The zero-order valence-electron chi connectivity index (χ0n) is 16.6. The molecule has 0 bridgehead atoms. The Balaban J connectivity index is 1.44. The lowest BCUT2D eigenvalue weighted by Gasteiger charge is -2.34. The summed E-state index contributed by atoms with van der Waals surface area (Å²) in [4.78, 5) is 17.0. The lowest BCUT2D eigenvalue weighted by Crippen LogP contribution is -2.44. The van der Waals surface area contributed by atoms with E-state index >= 15 is 0 Å². The van der Waals surface area contributed by atoms with Gasteiger partial charge in [-0.2, -0.15) is 0 Å². The van der Waals surface area contributed by atoms with E-state index in [1.165, 1.54) is 5.69 Å². The monoisotopic (exact) mass is 445 g/mol. The highest BCUT2D eigenvalue weighted by Crippen LogP contribution is 2.24. The quantitative estimate of drug-likeness (QED) is 0.644. The van der Waals surface area contributed by atoms with Gasteiger partial charge in [-0.15, -0.1) is 0 Å². The summed E-state index contributed by atoms with van der Waals surface area (Å²) in [5, 5.41) is 3.03. The van der Waals surface area contributed by atoms with Crippen LogP contribution in [-0.4, -0.2) is 50.6 Å². The number of piperazine rings is 1. The van der Waals surface area contributed by atoms with Gasteiger partial charge in [-0.3, -0.25) is 4.79 Å². The average Bonchev–Trinajstić information content (AvgIpc) is 2.69. The lowest BCUT2D eigenvalue weighted by atomic mass is 10.1. The molecule has 3 rings (SSSR count). The second kappa shape index (κ2) is 9.94. The Hall–Kier alpha value is -2.05. The van der Waals surface area contributed by atoms with Gasteiger partial charge in [0.25, 0.3) is 0 Å². The van der Waals surface area contributed by atoms with Gasteiger partial charge in [0.1, 0.15) is 5.75 Å². The minimum absolute atomic E-state index is 0.0230. The van der Waals surface area contributed by atoms with Crippen molar-refractivity contribution in [3.05, 3.63) is 52.5 Å². The number of aryl methyl sites for hydroxylation is 1. The molecule has 1 N–H and O–H groups in total. The Labute approximate surface area is 175 Å². The summed E-state index contributed by atoms with van der Waals surface area (Å²) in [6.45, 7) is 6.82. The molecule has 0 radical (unpaired) electrons. The third-order valence-corrected chi connectivity index (χ3v) is 5.51. The normalized spacial score (nSPS) is 14.8. The predicted octanol–water partition coefficient (Wildman–Crippen LogP) is 4.31. The first kappa shape index (κ1) is 20.7. The summed E-state index contributed by atoms with van der Waals surface area (Å²) < 4.78 is 6.69. The summed E-state index contributed by atoms with van der Waals surface area (Å²) in [5.41, 5.74) is 3.21. The number of halogens is 1. The van der Waals surface area contributed by atoms with E-state index in [1.807, 2.05) is 37.3 Å². The van der Waals surface area contributed by atoms with Crippen LogP contribution in [0, 0.1) is 6.92 Å². The second-order valence-electron chi connectivity index (χ2n) is 7.24. The van der Waals surface area contributed by atoms with Crippen LogP contribution in [0.4, 0.5) is 11.4 Å². The Morgan fingerprint density at radius 1 is 1.11 bits per heavy atom. The van der Waals surface area contributed by atoms with Crippen LogP contribution in [0.1, 0.15) is 18.4 Å². The minimum Gasteiger partial charge on any atom is -0.494 e. The molecule has 1 aliphatic heterocycles. The SMILES string of the molecule is Cc1cc(N2CCN(C)CC2)ccc1NC(=O)CCCOc1ccc(Br)cc1. The maximum absolute atomic E-state index is 12.3. The first-order valence-electron chi connectivity index (χ1n) is 9.73. The molecule has 0 atom stereocenters. The van der Waals surface area contributed by atoms with Crippen LogP contribution >= 0.6 is 15.9 Å². The molecule has 28 heavy (non-hydrogen) atoms. The van der Waals surface area contributed by atoms with Crippen LogP contribution in [0.3, 0.4) is 0 Å². The van der Waals surface area contributed by atoms with Crippen LogP contribution in [0.25, 0.3) is 0 Å². The maximum atomic E-state index is 12.3. The molecule has 1 aliphatic rings. The number of nitrogens with zero attached hydrogens (tertiary/aromatic N) is 2. The van der Waals surface area contributed by atoms with Gasteiger partial charge in [0.2, 0.25) is 5.91 Å². The van der Waals surface area contributed by atoms with Gasteiger partial charge >= 0.3 is 0 Å². The Morgan fingerprint density at radius 2 is 1.82 bits per heavy atom. The van der Waals surface area contributed by atoms with Crippen molar-refractivity contribution in [3.63, 3.8) is 0 Å². The zero-order chi connectivity index (χ0) is 19.9. The van der Waals surface area contributed by atoms with E-state index in [9.17, 15) is 4.79 Å². The molecule has 0 spiro atoms. The predicted molar refractivity (Wildman–Crippen MR) is 118 cm³/mol. The molecule has 2 aromatic carbocycles. The molecular weight excluding hydrogens is 418 g/mol. The number of ether oxygens (including phenoxy) is 1. The van der Waals surface area contributed by atoms with Crippen LogP contribution in [-0.2, 0) is 4.79 Å².